The quantitative estimate of drug-likeness (QED) is 0.607. The van der Waals surface area contributed by atoms with Gasteiger partial charge in [0.1, 0.15) is 0 Å². The Bertz CT molecular complexity index is 229. The van der Waals surface area contributed by atoms with Crippen LogP contribution in [0.1, 0.15) is 19.8 Å². The first-order chi connectivity index (χ1) is 8.06. The Morgan fingerprint density at radius 3 is 1.94 bits per heavy atom. The third kappa shape index (κ3) is 10.7. The molecule has 0 radical (unpaired) electrons. The minimum Gasteiger partial charge on any atom is -0.441 e. The first kappa shape index (κ1) is 18.7. The highest BCUT2D eigenvalue weighted by atomic mass is 28.5. The smallest absolute Gasteiger partial charge is 0.312 e. The molecule has 3 nitrogen and oxygen atoms in total. The van der Waals surface area contributed by atoms with Gasteiger partial charge in [-0.05, 0) is 51.9 Å². The zero-order valence-electron chi connectivity index (χ0n) is 13.5. The molecule has 0 fully saturated rings. The Balaban J connectivity index is 4.43. The van der Waals surface area contributed by atoms with E-state index in [0.29, 0.717) is 0 Å². The summed E-state index contributed by atoms with van der Waals surface area (Å²) < 4.78 is 18.7. The molecule has 0 aromatic rings. The van der Waals surface area contributed by atoms with Crippen molar-refractivity contribution in [2.75, 3.05) is 0 Å². The molecule has 0 heterocycles. The van der Waals surface area contributed by atoms with Crippen molar-refractivity contribution >= 4 is 35.2 Å². The summed E-state index contributed by atoms with van der Waals surface area (Å²) >= 11 is 0. The summed E-state index contributed by atoms with van der Waals surface area (Å²) in [6, 6.07) is 1.13. The highest BCUT2D eigenvalue weighted by molar-refractivity contribution is 6.84. The van der Waals surface area contributed by atoms with E-state index in [4.69, 9.17) is 12.3 Å². The molecule has 0 aliphatic carbocycles. The summed E-state index contributed by atoms with van der Waals surface area (Å²) in [4.78, 5) is 0. The second kappa shape index (κ2) is 8.13. The van der Waals surface area contributed by atoms with Crippen LogP contribution in [0, 0.1) is 0 Å². The Morgan fingerprint density at radius 2 is 1.56 bits per heavy atom. The Morgan fingerprint density at radius 1 is 1.00 bits per heavy atom. The van der Waals surface area contributed by atoms with Gasteiger partial charge in [0, 0.05) is 0 Å². The second-order valence-corrected chi connectivity index (χ2v) is 19.9. The van der Waals surface area contributed by atoms with Gasteiger partial charge in [-0.3, -0.25) is 0 Å². The maximum absolute atomic E-state index is 6.33. The predicted octanol–water partition coefficient (Wildman–Crippen LogP) is 3.58. The summed E-state index contributed by atoms with van der Waals surface area (Å²) in [7, 11) is -6.02. The molecule has 0 saturated heterocycles. The summed E-state index contributed by atoms with van der Waals surface area (Å²) in [6.07, 6.45) is 2.43. The first-order valence-electron chi connectivity index (χ1n) is 7.09. The van der Waals surface area contributed by atoms with Gasteiger partial charge in [0.15, 0.2) is 17.4 Å². The van der Waals surface area contributed by atoms with Crippen molar-refractivity contribution in [2.45, 2.75) is 71.6 Å². The predicted molar refractivity (Wildman–Crippen MR) is 89.8 cm³/mol. The summed E-state index contributed by atoms with van der Waals surface area (Å²) in [5.74, 6) is 0. The molecule has 1 atom stereocenters. The number of unbranched alkanes of at least 4 members (excludes halogenated alkanes) is 1. The molecule has 0 aliphatic heterocycles. The molecular formula is C11H32O3Si4. The highest BCUT2D eigenvalue weighted by Gasteiger charge is 2.34. The fraction of sp³-hybridized carbons (Fsp3) is 1.00. The van der Waals surface area contributed by atoms with Crippen molar-refractivity contribution in [3.63, 3.8) is 0 Å². The summed E-state index contributed by atoms with van der Waals surface area (Å²) in [5.41, 5.74) is 0. The minimum atomic E-state index is -2.00. The van der Waals surface area contributed by atoms with Gasteiger partial charge < -0.3 is 12.3 Å². The SMILES string of the molecule is CCCC[SiH](O[SiH](C)C)O[Si](C)(C)O[Si](C)(C)C. The van der Waals surface area contributed by atoms with Crippen molar-refractivity contribution in [1.29, 1.82) is 0 Å². The standard InChI is InChI=1S/C11H32O3Si4/c1-9-10-11-16(12-15(2)3)13-18(7,8)14-17(4,5)6/h15-16H,9-11H2,1-8H3. The molecule has 0 N–H and O–H groups in total. The zero-order valence-corrected chi connectivity index (χ0v) is 17.8. The number of rotatable bonds is 9. The van der Waals surface area contributed by atoms with Crippen LogP contribution >= 0.6 is 0 Å². The van der Waals surface area contributed by atoms with E-state index in [2.05, 4.69) is 52.8 Å². The van der Waals surface area contributed by atoms with Crippen LogP contribution < -0.4 is 0 Å². The number of hydrogen-bond donors (Lipinski definition) is 0. The Kier molecular flexibility index (Phi) is 8.47. The molecular weight excluding hydrogens is 292 g/mol. The topological polar surface area (TPSA) is 27.7 Å². The summed E-state index contributed by atoms with van der Waals surface area (Å²) in [6.45, 7) is 17.7. The second-order valence-electron chi connectivity index (χ2n) is 6.49. The third-order valence-electron chi connectivity index (χ3n) is 2.18. The molecule has 0 saturated carbocycles. The number of hydrogen-bond acceptors (Lipinski definition) is 3. The lowest BCUT2D eigenvalue weighted by Gasteiger charge is -2.34. The van der Waals surface area contributed by atoms with Crippen LogP contribution in [0.4, 0.5) is 0 Å². The highest BCUT2D eigenvalue weighted by Crippen LogP contribution is 2.18. The van der Waals surface area contributed by atoms with Gasteiger partial charge >= 0.3 is 17.8 Å². The van der Waals surface area contributed by atoms with Crippen molar-refractivity contribution in [3.05, 3.63) is 0 Å². The molecule has 1 unspecified atom stereocenters. The molecule has 0 aromatic heterocycles. The normalized spacial score (nSPS) is 15.2. The maximum Gasteiger partial charge on any atom is 0.312 e. The van der Waals surface area contributed by atoms with Gasteiger partial charge in [-0.15, -0.1) is 0 Å². The largest absolute Gasteiger partial charge is 0.441 e. The van der Waals surface area contributed by atoms with Gasteiger partial charge in [0.25, 0.3) is 0 Å². The van der Waals surface area contributed by atoms with Gasteiger partial charge in [-0.25, -0.2) is 0 Å². The van der Waals surface area contributed by atoms with E-state index < -0.39 is 35.2 Å². The summed E-state index contributed by atoms with van der Waals surface area (Å²) in [5, 5.41) is 0. The van der Waals surface area contributed by atoms with E-state index in [1.807, 2.05) is 0 Å². The lowest BCUT2D eigenvalue weighted by Crippen LogP contribution is -2.49. The van der Waals surface area contributed by atoms with E-state index in [1.54, 1.807) is 0 Å². The Hall–Kier alpha value is 0.748. The molecule has 18 heavy (non-hydrogen) atoms. The van der Waals surface area contributed by atoms with Gasteiger partial charge in [-0.2, -0.15) is 0 Å². The molecule has 0 aromatic carbocycles. The van der Waals surface area contributed by atoms with Crippen LogP contribution in [0.2, 0.25) is 51.9 Å². The van der Waals surface area contributed by atoms with Crippen LogP contribution in [0.15, 0.2) is 0 Å². The van der Waals surface area contributed by atoms with E-state index in [9.17, 15) is 0 Å². The average Bonchev–Trinajstić information content (AvgIpc) is 2.08. The van der Waals surface area contributed by atoms with E-state index in [-0.39, 0.29) is 0 Å². The molecule has 0 bridgehead atoms. The maximum atomic E-state index is 6.33. The third-order valence-corrected chi connectivity index (χ3v) is 14.2. The molecule has 7 heteroatoms. The lowest BCUT2D eigenvalue weighted by atomic mass is 10.4. The van der Waals surface area contributed by atoms with E-state index in [0.717, 1.165) is 6.04 Å². The van der Waals surface area contributed by atoms with Crippen LogP contribution in [-0.4, -0.2) is 35.2 Å². The molecule has 0 amide bonds. The monoisotopic (exact) mass is 324 g/mol. The minimum absolute atomic E-state index is 0.999. The van der Waals surface area contributed by atoms with Crippen LogP contribution in [0.25, 0.3) is 0 Å². The van der Waals surface area contributed by atoms with Crippen LogP contribution in [-0.2, 0) is 12.3 Å². The van der Waals surface area contributed by atoms with Crippen molar-refractivity contribution in [2.24, 2.45) is 0 Å². The van der Waals surface area contributed by atoms with Gasteiger partial charge in [0.05, 0.1) is 0 Å². The zero-order chi connectivity index (χ0) is 14.4. The van der Waals surface area contributed by atoms with E-state index in [1.165, 1.54) is 12.8 Å². The fourth-order valence-corrected chi connectivity index (χ4v) is 15.9. The molecule has 0 spiro atoms. The Labute approximate surface area is 119 Å². The van der Waals surface area contributed by atoms with Crippen LogP contribution in [0.3, 0.4) is 0 Å². The first-order valence-corrected chi connectivity index (χ1v) is 17.9. The van der Waals surface area contributed by atoms with Crippen LogP contribution in [0.5, 0.6) is 0 Å². The van der Waals surface area contributed by atoms with Crippen molar-refractivity contribution < 1.29 is 12.3 Å². The van der Waals surface area contributed by atoms with Gasteiger partial charge in [-0.1, -0.05) is 19.8 Å². The van der Waals surface area contributed by atoms with Crippen molar-refractivity contribution in [1.82, 2.24) is 0 Å². The molecule has 0 rings (SSSR count). The average molecular weight is 325 g/mol. The van der Waals surface area contributed by atoms with E-state index >= 15 is 0 Å². The van der Waals surface area contributed by atoms with Gasteiger partial charge in [0.2, 0.25) is 0 Å². The lowest BCUT2D eigenvalue weighted by molar-refractivity contribution is 0.349. The molecule has 110 valence electrons. The fourth-order valence-electron chi connectivity index (χ4n) is 1.91. The molecule has 0 aliphatic rings. The van der Waals surface area contributed by atoms with Crippen molar-refractivity contribution in [3.8, 4) is 0 Å².